The van der Waals surface area contributed by atoms with Crippen molar-refractivity contribution in [2.75, 3.05) is 31.2 Å². The number of halogens is 1. The quantitative estimate of drug-likeness (QED) is 0.699. The fourth-order valence-corrected chi connectivity index (χ4v) is 2.86. The van der Waals surface area contributed by atoms with Gasteiger partial charge in [0.2, 0.25) is 5.28 Å². The van der Waals surface area contributed by atoms with Gasteiger partial charge in [-0.25, -0.2) is 4.98 Å². The fraction of sp³-hybridized carbons (Fsp3) is 0.286. The Labute approximate surface area is 120 Å². The van der Waals surface area contributed by atoms with E-state index in [4.69, 9.17) is 16.3 Å². The van der Waals surface area contributed by atoms with E-state index in [1.807, 2.05) is 12.3 Å². The maximum Gasteiger partial charge on any atom is 0.224 e. The first-order chi connectivity index (χ1) is 9.83. The van der Waals surface area contributed by atoms with Gasteiger partial charge in [0.1, 0.15) is 5.82 Å². The summed E-state index contributed by atoms with van der Waals surface area (Å²) in [6, 6.07) is 6.12. The van der Waals surface area contributed by atoms with E-state index in [-0.39, 0.29) is 5.28 Å². The van der Waals surface area contributed by atoms with Crippen LogP contribution in [0.25, 0.3) is 21.8 Å². The number of fused-ring (bicyclic) bond motifs is 3. The zero-order chi connectivity index (χ0) is 13.5. The Morgan fingerprint density at radius 3 is 2.80 bits per heavy atom. The summed E-state index contributed by atoms with van der Waals surface area (Å²) in [5, 5.41) is 2.39. The number of H-pyrrole nitrogens is 1. The predicted octanol–water partition coefficient (Wildman–Crippen LogP) is 2.60. The largest absolute Gasteiger partial charge is 0.378 e. The van der Waals surface area contributed by atoms with E-state index in [0.29, 0.717) is 0 Å². The predicted molar refractivity (Wildman–Crippen MR) is 79.4 cm³/mol. The average Bonchev–Trinajstić information content (AvgIpc) is 2.96. The van der Waals surface area contributed by atoms with Crippen LogP contribution in [0.5, 0.6) is 0 Å². The van der Waals surface area contributed by atoms with Gasteiger partial charge in [-0.3, -0.25) is 0 Å². The van der Waals surface area contributed by atoms with Gasteiger partial charge in [-0.05, 0) is 29.8 Å². The van der Waals surface area contributed by atoms with Crippen molar-refractivity contribution in [3.63, 3.8) is 0 Å². The standard InChI is InChI=1S/C14H13ClN4O/c15-14-17-12-9-3-4-16-11(9)2-1-10(12)13(18-14)19-5-7-20-8-6-19/h1-4,16H,5-8H2. The number of aromatic nitrogens is 3. The molecule has 0 spiro atoms. The van der Waals surface area contributed by atoms with Crippen LogP contribution in [0.2, 0.25) is 5.28 Å². The molecule has 102 valence electrons. The van der Waals surface area contributed by atoms with Crippen molar-refractivity contribution < 1.29 is 4.74 Å². The van der Waals surface area contributed by atoms with Gasteiger partial charge in [0.15, 0.2) is 0 Å². The normalized spacial score (nSPS) is 16.1. The third kappa shape index (κ3) is 1.82. The van der Waals surface area contributed by atoms with Crippen molar-refractivity contribution in [2.45, 2.75) is 0 Å². The zero-order valence-electron chi connectivity index (χ0n) is 10.8. The molecule has 5 nitrogen and oxygen atoms in total. The fourth-order valence-electron chi connectivity index (χ4n) is 2.70. The summed E-state index contributed by atoms with van der Waals surface area (Å²) in [5.74, 6) is 0.895. The number of nitrogens with zero attached hydrogens (tertiary/aromatic N) is 3. The van der Waals surface area contributed by atoms with Crippen LogP contribution in [-0.4, -0.2) is 41.3 Å². The molecular formula is C14H13ClN4O. The summed E-state index contributed by atoms with van der Waals surface area (Å²) in [6.45, 7) is 3.09. The van der Waals surface area contributed by atoms with Crippen molar-refractivity contribution in [3.8, 4) is 0 Å². The highest BCUT2D eigenvalue weighted by Gasteiger charge is 2.18. The number of nitrogens with one attached hydrogen (secondary N) is 1. The second-order valence-electron chi connectivity index (χ2n) is 4.82. The second-order valence-corrected chi connectivity index (χ2v) is 5.15. The van der Waals surface area contributed by atoms with Gasteiger partial charge >= 0.3 is 0 Å². The molecule has 0 saturated carbocycles. The van der Waals surface area contributed by atoms with Gasteiger partial charge in [0.05, 0.1) is 18.7 Å². The molecule has 6 heteroatoms. The number of hydrogen-bond acceptors (Lipinski definition) is 4. The summed E-state index contributed by atoms with van der Waals surface area (Å²) in [4.78, 5) is 14.2. The van der Waals surface area contributed by atoms with Crippen molar-refractivity contribution in [1.82, 2.24) is 15.0 Å². The highest BCUT2D eigenvalue weighted by molar-refractivity contribution is 6.29. The van der Waals surface area contributed by atoms with E-state index in [2.05, 4.69) is 32.0 Å². The van der Waals surface area contributed by atoms with E-state index in [9.17, 15) is 0 Å². The van der Waals surface area contributed by atoms with Crippen LogP contribution in [0, 0.1) is 0 Å². The lowest BCUT2D eigenvalue weighted by atomic mass is 10.1. The summed E-state index contributed by atoms with van der Waals surface area (Å²) >= 11 is 6.12. The number of ether oxygens (including phenoxy) is 1. The summed E-state index contributed by atoms with van der Waals surface area (Å²) in [6.07, 6.45) is 1.91. The maximum absolute atomic E-state index is 6.12. The lowest BCUT2D eigenvalue weighted by Crippen LogP contribution is -2.37. The third-order valence-corrected chi connectivity index (χ3v) is 3.83. The molecule has 0 aliphatic carbocycles. The Hall–Kier alpha value is -1.85. The zero-order valence-corrected chi connectivity index (χ0v) is 11.5. The average molecular weight is 289 g/mol. The van der Waals surface area contributed by atoms with Gasteiger partial charge in [-0.2, -0.15) is 4.98 Å². The second kappa shape index (κ2) is 4.61. The first kappa shape index (κ1) is 11.9. The Kier molecular flexibility index (Phi) is 2.75. The number of benzene rings is 1. The monoisotopic (exact) mass is 288 g/mol. The van der Waals surface area contributed by atoms with E-state index >= 15 is 0 Å². The van der Waals surface area contributed by atoms with Crippen LogP contribution in [0.3, 0.4) is 0 Å². The van der Waals surface area contributed by atoms with Crippen molar-refractivity contribution >= 4 is 39.2 Å². The molecule has 0 atom stereocenters. The van der Waals surface area contributed by atoms with Gasteiger partial charge in [-0.1, -0.05) is 0 Å². The van der Waals surface area contributed by atoms with Crippen molar-refractivity contribution in [1.29, 1.82) is 0 Å². The number of aromatic amines is 1. The topological polar surface area (TPSA) is 54.0 Å². The van der Waals surface area contributed by atoms with Gasteiger partial charge < -0.3 is 14.6 Å². The Morgan fingerprint density at radius 2 is 1.95 bits per heavy atom. The molecule has 1 fully saturated rings. The maximum atomic E-state index is 6.12. The smallest absolute Gasteiger partial charge is 0.224 e. The first-order valence-electron chi connectivity index (χ1n) is 6.59. The number of hydrogen-bond donors (Lipinski definition) is 1. The lowest BCUT2D eigenvalue weighted by Gasteiger charge is -2.28. The summed E-state index contributed by atoms with van der Waals surface area (Å²) < 4.78 is 5.40. The van der Waals surface area contributed by atoms with E-state index in [1.165, 1.54) is 0 Å². The van der Waals surface area contributed by atoms with Crippen LogP contribution >= 0.6 is 11.6 Å². The van der Waals surface area contributed by atoms with Crippen LogP contribution in [0.1, 0.15) is 0 Å². The molecule has 3 aromatic rings. The molecule has 1 aliphatic rings. The molecule has 2 aromatic heterocycles. The molecule has 1 aromatic carbocycles. The molecule has 4 rings (SSSR count). The Balaban J connectivity index is 1.99. The minimum absolute atomic E-state index is 0.285. The molecular weight excluding hydrogens is 276 g/mol. The lowest BCUT2D eigenvalue weighted by molar-refractivity contribution is 0.122. The molecule has 20 heavy (non-hydrogen) atoms. The molecule has 0 amide bonds. The first-order valence-corrected chi connectivity index (χ1v) is 6.97. The highest BCUT2D eigenvalue weighted by Crippen LogP contribution is 2.30. The summed E-state index contributed by atoms with van der Waals surface area (Å²) in [7, 11) is 0. The van der Waals surface area contributed by atoms with Gasteiger partial charge in [-0.15, -0.1) is 0 Å². The van der Waals surface area contributed by atoms with Gasteiger partial charge in [0.25, 0.3) is 0 Å². The van der Waals surface area contributed by atoms with Crippen LogP contribution in [0.15, 0.2) is 24.4 Å². The van der Waals surface area contributed by atoms with Crippen molar-refractivity contribution in [3.05, 3.63) is 29.7 Å². The molecule has 0 bridgehead atoms. The molecule has 1 saturated heterocycles. The van der Waals surface area contributed by atoms with Crippen LogP contribution in [0.4, 0.5) is 5.82 Å². The molecule has 0 unspecified atom stereocenters. The van der Waals surface area contributed by atoms with Crippen LogP contribution < -0.4 is 4.90 Å². The molecule has 1 N–H and O–H groups in total. The Bertz CT molecular complexity index is 779. The number of morpholine rings is 1. The molecule has 0 radical (unpaired) electrons. The minimum Gasteiger partial charge on any atom is -0.378 e. The Morgan fingerprint density at radius 1 is 1.10 bits per heavy atom. The number of anilines is 1. The van der Waals surface area contributed by atoms with E-state index < -0.39 is 0 Å². The summed E-state index contributed by atoms with van der Waals surface area (Å²) in [5.41, 5.74) is 1.95. The molecule has 1 aliphatic heterocycles. The highest BCUT2D eigenvalue weighted by atomic mass is 35.5. The SMILES string of the molecule is Clc1nc(N2CCOCC2)c2ccc3[nH]ccc3c2n1. The minimum atomic E-state index is 0.285. The van der Waals surface area contributed by atoms with E-state index in [1.54, 1.807) is 0 Å². The van der Waals surface area contributed by atoms with Crippen molar-refractivity contribution in [2.24, 2.45) is 0 Å². The van der Waals surface area contributed by atoms with Gasteiger partial charge in [0, 0.05) is 35.6 Å². The molecule has 3 heterocycles. The van der Waals surface area contributed by atoms with E-state index in [0.717, 1.165) is 53.9 Å². The third-order valence-electron chi connectivity index (χ3n) is 3.66. The number of rotatable bonds is 1. The van der Waals surface area contributed by atoms with Crippen LogP contribution in [-0.2, 0) is 4.74 Å².